The van der Waals surface area contributed by atoms with Crippen molar-refractivity contribution in [2.24, 2.45) is 7.05 Å². The van der Waals surface area contributed by atoms with E-state index in [9.17, 15) is 14.4 Å². The van der Waals surface area contributed by atoms with Crippen LogP contribution in [-0.2, 0) is 22.2 Å². The number of hydrogen-bond acceptors (Lipinski definition) is 6. The number of hydrogen-bond donors (Lipinski definition) is 1. The van der Waals surface area contributed by atoms with Crippen LogP contribution in [0.25, 0.3) is 10.9 Å². The quantitative estimate of drug-likeness (QED) is 0.561. The highest BCUT2D eigenvalue weighted by Gasteiger charge is 2.33. The van der Waals surface area contributed by atoms with E-state index in [0.29, 0.717) is 55.9 Å². The smallest absolute Gasteiger partial charge is 0.274 e. The number of nitrogens with one attached hydrogen (secondary N) is 1. The molecule has 1 unspecified atom stereocenters. The van der Waals surface area contributed by atoms with Crippen molar-refractivity contribution in [2.75, 3.05) is 13.1 Å². The van der Waals surface area contributed by atoms with Gasteiger partial charge >= 0.3 is 0 Å². The molecule has 5 rings (SSSR count). The first kappa shape index (κ1) is 24.0. The van der Waals surface area contributed by atoms with Crippen molar-refractivity contribution >= 4 is 28.6 Å². The minimum Gasteiger partial charge on any atom is -0.488 e. The Morgan fingerprint density at radius 3 is 2.50 bits per heavy atom. The van der Waals surface area contributed by atoms with Gasteiger partial charge in [0.15, 0.2) is 0 Å². The van der Waals surface area contributed by atoms with Crippen molar-refractivity contribution in [1.82, 2.24) is 29.8 Å². The second-order valence-corrected chi connectivity index (χ2v) is 10.6. The van der Waals surface area contributed by atoms with Gasteiger partial charge in [0.1, 0.15) is 23.1 Å². The van der Waals surface area contributed by atoms with Crippen LogP contribution >= 0.6 is 0 Å². The topological polar surface area (TPSA) is 111 Å². The predicted molar refractivity (Wildman–Crippen MR) is 133 cm³/mol. The third-order valence-electron chi connectivity index (χ3n) is 6.94. The number of rotatable bonds is 4. The summed E-state index contributed by atoms with van der Waals surface area (Å²) >= 11 is 0. The highest BCUT2D eigenvalue weighted by molar-refractivity contribution is 6.03. The molecule has 2 aromatic heterocycles. The van der Waals surface area contributed by atoms with Crippen LogP contribution in [0.5, 0.6) is 5.75 Å². The Morgan fingerprint density at radius 1 is 1.08 bits per heavy atom. The Hall–Kier alpha value is -3.69. The second-order valence-electron chi connectivity index (χ2n) is 10.6. The van der Waals surface area contributed by atoms with E-state index >= 15 is 0 Å². The Balaban J connectivity index is 1.28. The molecule has 3 amide bonds. The van der Waals surface area contributed by atoms with Crippen LogP contribution in [0.3, 0.4) is 0 Å². The molecule has 2 aliphatic heterocycles. The molecule has 2 aliphatic rings. The highest BCUT2D eigenvalue weighted by atomic mass is 16.5. The van der Waals surface area contributed by atoms with Crippen LogP contribution in [-0.4, -0.2) is 61.4 Å². The molecule has 1 aromatic carbocycles. The van der Waals surface area contributed by atoms with Gasteiger partial charge in [-0.15, -0.1) is 0 Å². The molecule has 4 heterocycles. The number of imide groups is 1. The number of aryl methyl sites for hydroxylation is 1. The summed E-state index contributed by atoms with van der Waals surface area (Å²) in [5, 5.41) is 12.4. The molecule has 0 spiro atoms. The van der Waals surface area contributed by atoms with E-state index in [-0.39, 0.29) is 29.4 Å². The van der Waals surface area contributed by atoms with Gasteiger partial charge in [-0.25, -0.2) is 0 Å². The summed E-state index contributed by atoms with van der Waals surface area (Å²) in [5.74, 6) is -0.360. The molecule has 0 bridgehead atoms. The van der Waals surface area contributed by atoms with Gasteiger partial charge in [0, 0.05) is 51.0 Å². The lowest BCUT2D eigenvalue weighted by molar-refractivity contribution is -0.134. The number of benzene rings is 1. The highest BCUT2D eigenvalue weighted by Crippen LogP contribution is 2.35. The first-order chi connectivity index (χ1) is 17.1. The molecule has 10 heteroatoms. The molecule has 36 heavy (non-hydrogen) atoms. The summed E-state index contributed by atoms with van der Waals surface area (Å²) in [6, 6.07) is 7.53. The fourth-order valence-electron chi connectivity index (χ4n) is 4.97. The molecular formula is C26H32N6O4. The minimum atomic E-state index is -0.461. The van der Waals surface area contributed by atoms with E-state index in [4.69, 9.17) is 4.74 Å². The zero-order valence-corrected chi connectivity index (χ0v) is 21.2. The first-order valence-corrected chi connectivity index (χ1v) is 12.4. The van der Waals surface area contributed by atoms with Crippen molar-refractivity contribution < 1.29 is 19.1 Å². The Labute approximate surface area is 209 Å². The van der Waals surface area contributed by atoms with E-state index in [0.717, 1.165) is 10.9 Å². The maximum absolute atomic E-state index is 13.0. The average molecular weight is 493 g/mol. The van der Waals surface area contributed by atoms with Crippen molar-refractivity contribution in [3.63, 3.8) is 0 Å². The summed E-state index contributed by atoms with van der Waals surface area (Å²) < 4.78 is 9.96. The summed E-state index contributed by atoms with van der Waals surface area (Å²) in [6.07, 6.45) is 3.97. The first-order valence-electron chi connectivity index (χ1n) is 12.4. The van der Waals surface area contributed by atoms with E-state index in [1.54, 1.807) is 10.7 Å². The predicted octanol–water partition coefficient (Wildman–Crippen LogP) is 2.73. The molecular weight excluding hydrogens is 460 g/mol. The summed E-state index contributed by atoms with van der Waals surface area (Å²) in [5.41, 5.74) is 1.77. The number of ether oxygens (including phenoxy) is 1. The van der Waals surface area contributed by atoms with Gasteiger partial charge in [0.05, 0.1) is 17.2 Å². The Bertz CT molecular complexity index is 1330. The summed E-state index contributed by atoms with van der Waals surface area (Å²) in [6.45, 7) is 7.33. The molecule has 0 saturated carbocycles. The summed E-state index contributed by atoms with van der Waals surface area (Å²) in [7, 11) is 1.84. The molecule has 1 atom stereocenters. The second kappa shape index (κ2) is 9.07. The lowest BCUT2D eigenvalue weighted by Crippen LogP contribution is -2.42. The number of nitrogens with zero attached hydrogens (tertiary/aromatic N) is 5. The van der Waals surface area contributed by atoms with Crippen LogP contribution < -0.4 is 10.1 Å². The number of piperidine rings is 2. The molecule has 10 nitrogen and oxygen atoms in total. The zero-order valence-electron chi connectivity index (χ0n) is 21.2. The lowest BCUT2D eigenvalue weighted by Gasteiger charge is -2.32. The van der Waals surface area contributed by atoms with Gasteiger partial charge in [0.2, 0.25) is 11.8 Å². The van der Waals surface area contributed by atoms with Gasteiger partial charge in [0.25, 0.3) is 5.91 Å². The largest absolute Gasteiger partial charge is 0.488 e. The number of fused-ring (bicyclic) bond motifs is 1. The Morgan fingerprint density at radius 2 is 1.83 bits per heavy atom. The molecule has 190 valence electrons. The zero-order chi connectivity index (χ0) is 25.6. The van der Waals surface area contributed by atoms with Gasteiger partial charge in [-0.1, -0.05) is 12.1 Å². The van der Waals surface area contributed by atoms with Crippen LogP contribution in [0.2, 0.25) is 0 Å². The number of amides is 3. The van der Waals surface area contributed by atoms with E-state index in [2.05, 4.69) is 15.5 Å². The molecule has 0 aliphatic carbocycles. The van der Waals surface area contributed by atoms with Crippen molar-refractivity contribution in [1.29, 1.82) is 0 Å². The Kier molecular flexibility index (Phi) is 6.05. The van der Waals surface area contributed by atoms with Gasteiger partial charge in [-0.05, 0) is 39.3 Å². The van der Waals surface area contributed by atoms with Gasteiger partial charge in [-0.2, -0.15) is 10.2 Å². The fraction of sp³-hybridized carbons (Fsp3) is 0.500. The SMILES string of the molecule is Cn1nc(C2CCC(=O)NC2=O)c2cccc(OC3CCN(C(=O)c4ccn(C(C)(C)C)n4)CC3)c21. The maximum atomic E-state index is 13.0. The third-order valence-corrected chi connectivity index (χ3v) is 6.94. The van der Waals surface area contributed by atoms with Crippen molar-refractivity contribution in [2.45, 2.75) is 64.0 Å². The number of carbonyl (C=O) groups is 3. The number of likely N-dealkylation sites (tertiary alicyclic amines) is 1. The molecule has 1 N–H and O–H groups in total. The number of aromatic nitrogens is 4. The van der Waals surface area contributed by atoms with E-state index < -0.39 is 5.92 Å². The average Bonchev–Trinajstić information content (AvgIpc) is 3.45. The van der Waals surface area contributed by atoms with Crippen LogP contribution in [0.1, 0.15) is 68.6 Å². The monoisotopic (exact) mass is 492 g/mol. The minimum absolute atomic E-state index is 0.0410. The van der Waals surface area contributed by atoms with E-state index in [1.807, 2.05) is 61.8 Å². The molecule has 3 aromatic rings. The third kappa shape index (κ3) is 4.47. The van der Waals surface area contributed by atoms with E-state index in [1.165, 1.54) is 0 Å². The molecule has 2 fully saturated rings. The lowest BCUT2D eigenvalue weighted by atomic mass is 9.93. The molecule has 0 radical (unpaired) electrons. The number of para-hydroxylation sites is 1. The maximum Gasteiger partial charge on any atom is 0.274 e. The normalized spacial score (nSPS) is 19.6. The number of carbonyl (C=O) groups excluding carboxylic acids is 3. The van der Waals surface area contributed by atoms with Crippen LogP contribution in [0.4, 0.5) is 0 Å². The molecule has 2 saturated heterocycles. The van der Waals surface area contributed by atoms with Crippen LogP contribution in [0, 0.1) is 0 Å². The van der Waals surface area contributed by atoms with Crippen molar-refractivity contribution in [3.8, 4) is 5.75 Å². The van der Waals surface area contributed by atoms with Crippen LogP contribution in [0.15, 0.2) is 30.5 Å². The van der Waals surface area contributed by atoms with Gasteiger partial charge < -0.3 is 9.64 Å². The van der Waals surface area contributed by atoms with Gasteiger partial charge in [-0.3, -0.25) is 29.1 Å². The summed E-state index contributed by atoms with van der Waals surface area (Å²) in [4.78, 5) is 38.8. The standard InChI is InChI=1S/C26H32N6O4/c1-26(2,3)32-15-12-19(28-32)25(35)31-13-10-16(11-14-31)36-20-7-5-6-17-22(29-30(4)23(17)20)18-8-9-21(33)27-24(18)34/h5-7,12,15-16,18H,8-11,13-14H2,1-4H3,(H,27,33,34). The van der Waals surface area contributed by atoms with Crippen molar-refractivity contribution in [3.05, 3.63) is 41.9 Å². The fourth-order valence-corrected chi connectivity index (χ4v) is 4.97.